The molecule has 0 spiro atoms. The van der Waals surface area contributed by atoms with Gasteiger partial charge in [0.05, 0.1) is 16.6 Å². The molecule has 1 aromatic heterocycles. The summed E-state index contributed by atoms with van der Waals surface area (Å²) in [4.78, 5) is 10.7. The highest BCUT2D eigenvalue weighted by molar-refractivity contribution is 9.10. The summed E-state index contributed by atoms with van der Waals surface area (Å²) in [5.74, 6) is -1.01. The highest BCUT2D eigenvalue weighted by Crippen LogP contribution is 2.25. The number of rotatable bonds is 4. The molecule has 2 aromatic rings. The van der Waals surface area contributed by atoms with Crippen LogP contribution in [0.1, 0.15) is 28.0 Å². The maximum atomic E-state index is 12.6. The van der Waals surface area contributed by atoms with Gasteiger partial charge in [-0.25, -0.2) is 13.6 Å². The van der Waals surface area contributed by atoms with Crippen LogP contribution in [0.4, 0.5) is 8.78 Å². The van der Waals surface area contributed by atoms with E-state index in [0.29, 0.717) is 6.54 Å². The van der Waals surface area contributed by atoms with Gasteiger partial charge in [-0.15, -0.1) is 0 Å². The van der Waals surface area contributed by atoms with E-state index in [0.717, 1.165) is 5.56 Å². The number of aromatic carboxylic acids is 1. The van der Waals surface area contributed by atoms with Gasteiger partial charge < -0.3 is 5.11 Å². The van der Waals surface area contributed by atoms with E-state index < -0.39 is 12.4 Å². The fourth-order valence-corrected chi connectivity index (χ4v) is 2.07. The summed E-state index contributed by atoms with van der Waals surface area (Å²) in [6.07, 6.45) is -1.17. The second kappa shape index (κ2) is 5.48. The Labute approximate surface area is 115 Å². The predicted molar refractivity (Wildman–Crippen MR) is 67.4 cm³/mol. The largest absolute Gasteiger partial charge is 0.478 e. The first-order chi connectivity index (χ1) is 8.97. The topological polar surface area (TPSA) is 55.1 Å². The van der Waals surface area contributed by atoms with Crippen molar-refractivity contribution < 1.29 is 18.7 Å². The van der Waals surface area contributed by atoms with Gasteiger partial charge in [-0.05, 0) is 33.6 Å². The number of carbonyl (C=O) groups is 1. The molecule has 19 heavy (non-hydrogen) atoms. The average Bonchev–Trinajstić information content (AvgIpc) is 2.71. The summed E-state index contributed by atoms with van der Waals surface area (Å²) >= 11 is 3.02. The number of hydrogen-bond donors (Lipinski definition) is 1. The lowest BCUT2D eigenvalue weighted by Gasteiger charge is -2.02. The van der Waals surface area contributed by atoms with E-state index in [4.69, 9.17) is 5.11 Å². The molecular weight excluding hydrogens is 322 g/mol. The third-order valence-electron chi connectivity index (χ3n) is 2.50. The van der Waals surface area contributed by atoms with Gasteiger partial charge in [0, 0.05) is 6.20 Å². The van der Waals surface area contributed by atoms with E-state index in [2.05, 4.69) is 21.0 Å². The quantitative estimate of drug-likeness (QED) is 0.935. The number of carboxylic acid groups (broad SMARTS) is 1. The smallest absolute Gasteiger partial charge is 0.335 e. The number of carboxylic acids is 1. The molecule has 1 heterocycles. The van der Waals surface area contributed by atoms with E-state index in [-0.39, 0.29) is 15.7 Å². The minimum Gasteiger partial charge on any atom is -0.478 e. The SMILES string of the molecule is O=C(O)c1ccc(Cn2cc(Br)c(C(F)F)n2)cc1. The van der Waals surface area contributed by atoms with Gasteiger partial charge in [-0.3, -0.25) is 4.68 Å². The number of hydrogen-bond acceptors (Lipinski definition) is 2. The molecule has 100 valence electrons. The van der Waals surface area contributed by atoms with E-state index in [1.54, 1.807) is 12.1 Å². The number of halogens is 3. The summed E-state index contributed by atoms with van der Waals surface area (Å²) in [6, 6.07) is 6.18. The van der Waals surface area contributed by atoms with E-state index in [1.807, 2.05) is 0 Å². The van der Waals surface area contributed by atoms with E-state index in [1.165, 1.54) is 23.0 Å². The maximum Gasteiger partial charge on any atom is 0.335 e. The molecule has 0 radical (unpaired) electrons. The van der Waals surface area contributed by atoms with Crippen molar-refractivity contribution in [2.24, 2.45) is 0 Å². The highest BCUT2D eigenvalue weighted by Gasteiger charge is 2.16. The minimum atomic E-state index is -2.63. The Morgan fingerprint density at radius 1 is 1.37 bits per heavy atom. The van der Waals surface area contributed by atoms with Gasteiger partial charge in [0.15, 0.2) is 0 Å². The molecule has 2 rings (SSSR count). The normalized spacial score (nSPS) is 10.9. The first kappa shape index (κ1) is 13.7. The van der Waals surface area contributed by atoms with Crippen molar-refractivity contribution in [3.05, 3.63) is 51.8 Å². The van der Waals surface area contributed by atoms with Crippen molar-refractivity contribution in [3.63, 3.8) is 0 Å². The van der Waals surface area contributed by atoms with Crippen LogP contribution in [0.3, 0.4) is 0 Å². The van der Waals surface area contributed by atoms with Gasteiger partial charge in [0.1, 0.15) is 5.69 Å². The van der Waals surface area contributed by atoms with Crippen molar-refractivity contribution >= 4 is 21.9 Å². The zero-order valence-corrected chi connectivity index (χ0v) is 11.1. The van der Waals surface area contributed by atoms with Crippen LogP contribution in [0, 0.1) is 0 Å². The molecule has 0 saturated heterocycles. The third kappa shape index (κ3) is 3.17. The minimum absolute atomic E-state index is 0.179. The lowest BCUT2D eigenvalue weighted by molar-refractivity contribution is 0.0697. The van der Waals surface area contributed by atoms with Crippen molar-refractivity contribution in [2.45, 2.75) is 13.0 Å². The molecule has 4 nitrogen and oxygen atoms in total. The van der Waals surface area contributed by atoms with Gasteiger partial charge in [-0.2, -0.15) is 5.10 Å². The third-order valence-corrected chi connectivity index (χ3v) is 3.11. The van der Waals surface area contributed by atoms with Crippen LogP contribution in [-0.4, -0.2) is 20.9 Å². The molecular formula is C12H9BrF2N2O2. The van der Waals surface area contributed by atoms with Gasteiger partial charge >= 0.3 is 5.97 Å². The Hall–Kier alpha value is -1.76. The molecule has 0 aliphatic carbocycles. The molecule has 0 unspecified atom stereocenters. The van der Waals surface area contributed by atoms with E-state index in [9.17, 15) is 13.6 Å². The van der Waals surface area contributed by atoms with Crippen LogP contribution in [0.5, 0.6) is 0 Å². The lowest BCUT2D eigenvalue weighted by atomic mass is 10.1. The Morgan fingerprint density at radius 2 is 2.00 bits per heavy atom. The summed E-state index contributed by atoms with van der Waals surface area (Å²) in [7, 11) is 0. The van der Waals surface area contributed by atoms with Crippen molar-refractivity contribution in [1.82, 2.24) is 9.78 Å². The number of nitrogens with zero attached hydrogens (tertiary/aromatic N) is 2. The summed E-state index contributed by atoms with van der Waals surface area (Å²) < 4.78 is 26.7. The first-order valence-corrected chi connectivity index (χ1v) is 6.10. The second-order valence-corrected chi connectivity index (χ2v) is 4.72. The Morgan fingerprint density at radius 3 is 2.47 bits per heavy atom. The van der Waals surface area contributed by atoms with Gasteiger partial charge in [0.2, 0.25) is 0 Å². The summed E-state index contributed by atoms with van der Waals surface area (Å²) in [5, 5.41) is 12.5. The van der Waals surface area contributed by atoms with Crippen LogP contribution in [0.15, 0.2) is 34.9 Å². The average molecular weight is 331 g/mol. The van der Waals surface area contributed by atoms with Crippen molar-refractivity contribution in [1.29, 1.82) is 0 Å². The zero-order valence-electron chi connectivity index (χ0n) is 9.55. The van der Waals surface area contributed by atoms with Gasteiger partial charge in [-0.1, -0.05) is 12.1 Å². The van der Waals surface area contributed by atoms with Crippen LogP contribution < -0.4 is 0 Å². The molecule has 1 aromatic carbocycles. The number of benzene rings is 1. The van der Waals surface area contributed by atoms with Crippen LogP contribution in [0.2, 0.25) is 0 Å². The lowest BCUT2D eigenvalue weighted by Crippen LogP contribution is -2.02. The first-order valence-electron chi connectivity index (χ1n) is 5.30. The number of alkyl halides is 2. The molecule has 0 amide bonds. The maximum absolute atomic E-state index is 12.6. The molecule has 0 aliphatic heterocycles. The van der Waals surface area contributed by atoms with Crippen LogP contribution in [-0.2, 0) is 6.54 Å². The fourth-order valence-electron chi connectivity index (χ4n) is 1.58. The molecule has 1 N–H and O–H groups in total. The Kier molecular flexibility index (Phi) is 3.94. The Balaban J connectivity index is 2.17. The van der Waals surface area contributed by atoms with Crippen LogP contribution >= 0.6 is 15.9 Å². The highest BCUT2D eigenvalue weighted by atomic mass is 79.9. The number of aromatic nitrogens is 2. The van der Waals surface area contributed by atoms with E-state index >= 15 is 0 Å². The molecule has 0 saturated carbocycles. The van der Waals surface area contributed by atoms with Gasteiger partial charge in [0.25, 0.3) is 6.43 Å². The molecule has 0 fully saturated rings. The Bertz CT molecular complexity index is 596. The molecule has 0 bridgehead atoms. The monoisotopic (exact) mass is 330 g/mol. The summed E-state index contributed by atoms with van der Waals surface area (Å²) in [6.45, 7) is 0.297. The zero-order chi connectivity index (χ0) is 14.0. The fraction of sp³-hybridized carbons (Fsp3) is 0.167. The predicted octanol–water partition coefficient (Wildman–Crippen LogP) is 3.33. The van der Waals surface area contributed by atoms with Crippen molar-refractivity contribution in [3.8, 4) is 0 Å². The standard InChI is InChI=1S/C12H9BrF2N2O2/c13-9-6-17(16-10(9)11(14)15)5-7-1-3-8(4-2-7)12(18)19/h1-4,6,11H,5H2,(H,18,19). The molecule has 7 heteroatoms. The second-order valence-electron chi connectivity index (χ2n) is 3.86. The van der Waals surface area contributed by atoms with Crippen LogP contribution in [0.25, 0.3) is 0 Å². The van der Waals surface area contributed by atoms with Crippen molar-refractivity contribution in [2.75, 3.05) is 0 Å². The molecule has 0 aliphatic rings. The summed E-state index contributed by atoms with van der Waals surface area (Å²) in [5.41, 5.74) is 0.654. The molecule has 0 atom stereocenters.